The van der Waals surface area contributed by atoms with Crippen LogP contribution in [0.25, 0.3) is 10.8 Å². The third-order valence-corrected chi connectivity index (χ3v) is 2.84. The molecule has 1 aliphatic carbocycles. The molecule has 0 amide bonds. The van der Waals surface area contributed by atoms with Gasteiger partial charge in [-0.05, 0) is 5.39 Å². The summed E-state index contributed by atoms with van der Waals surface area (Å²) < 4.78 is 0. The molecular weight excluding hydrogens is 204 g/mol. The molecule has 2 aromatic carbocycles. The Morgan fingerprint density at radius 2 is 1.25 bits per heavy atom. The van der Waals surface area contributed by atoms with Crippen molar-refractivity contribution in [2.75, 3.05) is 0 Å². The van der Waals surface area contributed by atoms with Crippen molar-refractivity contribution in [2.45, 2.75) is 0 Å². The Kier molecular flexibility index (Phi) is 1.71. The first kappa shape index (κ1) is 8.91. The van der Waals surface area contributed by atoms with Gasteiger partial charge < -0.3 is 10.4 Å². The molecule has 0 fully saturated rings. The molecule has 4 nitrogen and oxygen atoms in total. The van der Waals surface area contributed by atoms with E-state index in [1.54, 1.807) is 0 Å². The largest absolute Gasteiger partial charge is 0.410 e. The van der Waals surface area contributed by atoms with Crippen molar-refractivity contribution in [2.24, 2.45) is 10.3 Å². The predicted molar refractivity (Wildman–Crippen MR) is 60.6 cm³/mol. The molecule has 0 unspecified atom stereocenters. The van der Waals surface area contributed by atoms with E-state index in [9.17, 15) is 0 Å². The van der Waals surface area contributed by atoms with E-state index < -0.39 is 0 Å². The topological polar surface area (TPSA) is 65.2 Å². The highest BCUT2D eigenvalue weighted by Gasteiger charge is 2.27. The number of hydrogen-bond donors (Lipinski definition) is 2. The molecule has 0 aliphatic heterocycles. The van der Waals surface area contributed by atoms with Gasteiger partial charge in [0.05, 0.1) is 0 Å². The Morgan fingerprint density at radius 3 is 1.69 bits per heavy atom. The fourth-order valence-corrected chi connectivity index (χ4v) is 2.19. The molecular formula is C12H8N2O2. The van der Waals surface area contributed by atoms with Crippen molar-refractivity contribution in [1.29, 1.82) is 0 Å². The lowest BCUT2D eigenvalue weighted by molar-refractivity contribution is 0.315. The van der Waals surface area contributed by atoms with E-state index in [-0.39, 0.29) is 0 Å². The molecule has 0 spiro atoms. The van der Waals surface area contributed by atoms with Crippen molar-refractivity contribution in [1.82, 2.24) is 0 Å². The summed E-state index contributed by atoms with van der Waals surface area (Å²) in [5.41, 5.74) is 2.22. The number of hydrogen-bond acceptors (Lipinski definition) is 4. The van der Waals surface area contributed by atoms with Crippen LogP contribution in [-0.4, -0.2) is 21.8 Å². The molecule has 4 heteroatoms. The number of rotatable bonds is 0. The van der Waals surface area contributed by atoms with Gasteiger partial charge >= 0.3 is 0 Å². The molecule has 0 saturated carbocycles. The molecule has 2 N–H and O–H groups in total. The first-order valence-corrected chi connectivity index (χ1v) is 4.84. The zero-order chi connectivity index (χ0) is 11.1. The van der Waals surface area contributed by atoms with E-state index in [2.05, 4.69) is 10.3 Å². The Bertz CT molecular complexity index is 592. The van der Waals surface area contributed by atoms with Gasteiger partial charge in [0.25, 0.3) is 0 Å². The maximum Gasteiger partial charge on any atom is 0.140 e. The molecule has 0 heterocycles. The summed E-state index contributed by atoms with van der Waals surface area (Å²) in [6, 6.07) is 11.4. The lowest BCUT2D eigenvalue weighted by Crippen LogP contribution is -2.10. The van der Waals surface area contributed by atoms with Crippen LogP contribution in [-0.2, 0) is 0 Å². The van der Waals surface area contributed by atoms with Crippen molar-refractivity contribution < 1.29 is 10.4 Å². The molecule has 0 aromatic heterocycles. The lowest BCUT2D eigenvalue weighted by atomic mass is 10.1. The molecule has 3 rings (SSSR count). The van der Waals surface area contributed by atoms with Gasteiger partial charge in [0, 0.05) is 16.5 Å². The van der Waals surface area contributed by atoms with Gasteiger partial charge in [-0.2, -0.15) is 0 Å². The van der Waals surface area contributed by atoms with Crippen LogP contribution < -0.4 is 0 Å². The van der Waals surface area contributed by atoms with Crippen molar-refractivity contribution >= 4 is 22.2 Å². The molecule has 1 aliphatic rings. The highest BCUT2D eigenvalue weighted by molar-refractivity contribution is 6.60. The van der Waals surface area contributed by atoms with E-state index in [1.165, 1.54) is 0 Å². The second-order valence-electron chi connectivity index (χ2n) is 3.61. The fraction of sp³-hybridized carbons (Fsp3) is 0. The molecule has 16 heavy (non-hydrogen) atoms. The van der Waals surface area contributed by atoms with Gasteiger partial charge in [-0.3, -0.25) is 0 Å². The van der Waals surface area contributed by atoms with Crippen LogP contribution in [0.2, 0.25) is 0 Å². The Morgan fingerprint density at radius 1 is 0.750 bits per heavy atom. The maximum atomic E-state index is 8.99. The van der Waals surface area contributed by atoms with E-state index in [0.29, 0.717) is 11.4 Å². The summed E-state index contributed by atoms with van der Waals surface area (Å²) in [5.74, 6) is 0. The number of oxime groups is 2. The smallest absolute Gasteiger partial charge is 0.140 e. The molecule has 2 aromatic rings. The van der Waals surface area contributed by atoms with Crippen LogP contribution in [0.4, 0.5) is 0 Å². The highest BCUT2D eigenvalue weighted by atomic mass is 16.4. The van der Waals surface area contributed by atoms with Gasteiger partial charge in [0.15, 0.2) is 0 Å². The minimum absolute atomic E-state index is 0.314. The molecule has 0 atom stereocenters. The van der Waals surface area contributed by atoms with Gasteiger partial charge in [0.2, 0.25) is 0 Å². The Balaban J connectivity index is 2.53. The normalized spacial score (nSPS) is 18.8. The van der Waals surface area contributed by atoms with E-state index in [0.717, 1.165) is 21.9 Å². The number of benzene rings is 2. The van der Waals surface area contributed by atoms with Crippen LogP contribution >= 0.6 is 0 Å². The second-order valence-corrected chi connectivity index (χ2v) is 3.61. The fourth-order valence-electron chi connectivity index (χ4n) is 2.19. The average Bonchev–Trinajstić information content (AvgIpc) is 2.65. The van der Waals surface area contributed by atoms with Gasteiger partial charge in [0.1, 0.15) is 11.4 Å². The number of nitrogens with zero attached hydrogens (tertiary/aromatic N) is 2. The van der Waals surface area contributed by atoms with Crippen LogP contribution in [0.3, 0.4) is 0 Å². The van der Waals surface area contributed by atoms with Crippen LogP contribution in [0, 0.1) is 0 Å². The molecule has 0 radical (unpaired) electrons. The Hall–Kier alpha value is -2.36. The quantitative estimate of drug-likeness (QED) is 0.519. The molecule has 0 bridgehead atoms. The van der Waals surface area contributed by atoms with Crippen LogP contribution in [0.15, 0.2) is 46.7 Å². The minimum Gasteiger partial charge on any atom is -0.410 e. The van der Waals surface area contributed by atoms with Gasteiger partial charge in [-0.25, -0.2) is 0 Å². The summed E-state index contributed by atoms with van der Waals surface area (Å²) in [7, 11) is 0. The van der Waals surface area contributed by atoms with Gasteiger partial charge in [-0.15, -0.1) is 0 Å². The standard InChI is InChI=1S/C12H8N2O2/c15-13-11-8-5-1-3-7-4-2-6-9(10(7)8)12(11)14-16/h1-6,15-16H/b13-11-,14-12?. The van der Waals surface area contributed by atoms with Crippen molar-refractivity contribution in [3.05, 3.63) is 47.5 Å². The minimum atomic E-state index is 0.314. The zero-order valence-electron chi connectivity index (χ0n) is 8.25. The van der Waals surface area contributed by atoms with Crippen molar-refractivity contribution in [3.63, 3.8) is 0 Å². The maximum absolute atomic E-state index is 8.99. The first-order chi connectivity index (χ1) is 7.86. The summed E-state index contributed by atoms with van der Waals surface area (Å²) in [6.07, 6.45) is 0. The van der Waals surface area contributed by atoms with Crippen LogP contribution in [0.5, 0.6) is 0 Å². The second kappa shape index (κ2) is 3.06. The molecule has 0 saturated heterocycles. The lowest BCUT2D eigenvalue weighted by Gasteiger charge is -1.98. The van der Waals surface area contributed by atoms with Crippen LogP contribution in [0.1, 0.15) is 11.1 Å². The predicted octanol–water partition coefficient (Wildman–Crippen LogP) is 2.21. The van der Waals surface area contributed by atoms with Gasteiger partial charge in [-0.1, -0.05) is 46.7 Å². The summed E-state index contributed by atoms with van der Waals surface area (Å²) >= 11 is 0. The Labute approximate surface area is 91.1 Å². The van der Waals surface area contributed by atoms with Crippen molar-refractivity contribution in [3.8, 4) is 0 Å². The molecule has 78 valence electrons. The first-order valence-electron chi connectivity index (χ1n) is 4.84. The van der Waals surface area contributed by atoms with E-state index >= 15 is 0 Å². The monoisotopic (exact) mass is 212 g/mol. The van der Waals surface area contributed by atoms with E-state index in [1.807, 2.05) is 36.4 Å². The van der Waals surface area contributed by atoms with E-state index in [4.69, 9.17) is 10.4 Å². The SMILES string of the molecule is ON=C1/C(=N\O)c2cccc3cccc1c23. The summed E-state index contributed by atoms with van der Waals surface area (Å²) in [4.78, 5) is 0. The third kappa shape index (κ3) is 0.930. The zero-order valence-corrected chi connectivity index (χ0v) is 8.25. The summed E-state index contributed by atoms with van der Waals surface area (Å²) in [6.45, 7) is 0. The highest BCUT2D eigenvalue weighted by Crippen LogP contribution is 2.31. The third-order valence-electron chi connectivity index (χ3n) is 2.84. The average molecular weight is 212 g/mol. The summed E-state index contributed by atoms with van der Waals surface area (Å²) in [5, 5.41) is 26.4.